The van der Waals surface area contributed by atoms with Crippen molar-refractivity contribution < 1.29 is 9.32 Å². The molecular formula is C12H10N4O2. The highest BCUT2D eigenvalue weighted by Crippen LogP contribution is 2.11. The standard InChI is InChI=1S/C12H10N4O2/c1-8-6-11(18-15-8)12(17)14-16-7-13-9-4-2-3-5-10(9)16/h2-7H,1H3,(H,14,17). The summed E-state index contributed by atoms with van der Waals surface area (Å²) in [6, 6.07) is 9.09. The summed E-state index contributed by atoms with van der Waals surface area (Å²) in [7, 11) is 0. The second-order valence-corrected chi connectivity index (χ2v) is 3.88. The molecule has 3 rings (SSSR count). The van der Waals surface area contributed by atoms with E-state index in [1.807, 2.05) is 24.3 Å². The van der Waals surface area contributed by atoms with Gasteiger partial charge in [-0.3, -0.25) is 10.2 Å². The molecular weight excluding hydrogens is 232 g/mol. The van der Waals surface area contributed by atoms with E-state index < -0.39 is 0 Å². The Labute approximate surface area is 102 Å². The number of carbonyl (C=O) groups excluding carboxylic acids is 1. The average Bonchev–Trinajstić information content (AvgIpc) is 2.97. The van der Waals surface area contributed by atoms with Gasteiger partial charge in [-0.1, -0.05) is 17.3 Å². The van der Waals surface area contributed by atoms with Gasteiger partial charge in [0.1, 0.15) is 6.33 Å². The van der Waals surface area contributed by atoms with Crippen LogP contribution in [0.1, 0.15) is 16.2 Å². The highest BCUT2D eigenvalue weighted by Gasteiger charge is 2.12. The Balaban J connectivity index is 1.90. The van der Waals surface area contributed by atoms with Crippen LogP contribution in [0.3, 0.4) is 0 Å². The molecule has 2 aromatic heterocycles. The van der Waals surface area contributed by atoms with E-state index in [1.54, 1.807) is 24.0 Å². The molecule has 0 atom stereocenters. The van der Waals surface area contributed by atoms with E-state index in [1.165, 1.54) is 0 Å². The van der Waals surface area contributed by atoms with Crippen LogP contribution in [0.2, 0.25) is 0 Å². The normalized spacial score (nSPS) is 10.7. The van der Waals surface area contributed by atoms with Crippen molar-refractivity contribution in [2.24, 2.45) is 0 Å². The van der Waals surface area contributed by atoms with Crippen LogP contribution in [-0.4, -0.2) is 20.7 Å². The molecule has 2 heterocycles. The molecule has 6 heteroatoms. The number of nitrogens with one attached hydrogen (secondary N) is 1. The summed E-state index contributed by atoms with van der Waals surface area (Å²) in [5.41, 5.74) is 4.97. The van der Waals surface area contributed by atoms with Crippen molar-refractivity contribution in [2.45, 2.75) is 6.92 Å². The molecule has 1 amide bonds. The zero-order valence-corrected chi connectivity index (χ0v) is 9.62. The molecule has 1 aromatic carbocycles. The number of hydrogen-bond acceptors (Lipinski definition) is 4. The topological polar surface area (TPSA) is 73.0 Å². The van der Waals surface area contributed by atoms with Crippen LogP contribution in [0.25, 0.3) is 11.0 Å². The maximum absolute atomic E-state index is 11.9. The minimum Gasteiger partial charge on any atom is -0.351 e. The van der Waals surface area contributed by atoms with Crippen molar-refractivity contribution in [3.63, 3.8) is 0 Å². The van der Waals surface area contributed by atoms with Crippen LogP contribution in [0.4, 0.5) is 0 Å². The van der Waals surface area contributed by atoms with Gasteiger partial charge >= 0.3 is 5.91 Å². The Hall–Kier alpha value is -2.63. The van der Waals surface area contributed by atoms with Crippen LogP contribution < -0.4 is 5.43 Å². The first-order chi connectivity index (χ1) is 8.74. The monoisotopic (exact) mass is 242 g/mol. The quantitative estimate of drug-likeness (QED) is 0.742. The molecule has 0 saturated carbocycles. The van der Waals surface area contributed by atoms with E-state index in [0.717, 1.165) is 11.0 Å². The molecule has 0 spiro atoms. The Morgan fingerprint density at radius 3 is 3.00 bits per heavy atom. The lowest BCUT2D eigenvalue weighted by Crippen LogP contribution is -2.21. The first-order valence-corrected chi connectivity index (χ1v) is 5.41. The molecule has 0 aliphatic carbocycles. The SMILES string of the molecule is Cc1cc(C(=O)Nn2cnc3ccccc32)on1. The molecule has 1 N–H and O–H groups in total. The number of aromatic nitrogens is 3. The van der Waals surface area contributed by atoms with Gasteiger partial charge in [0.25, 0.3) is 0 Å². The second kappa shape index (κ2) is 3.99. The third-order valence-corrected chi connectivity index (χ3v) is 2.53. The number of nitrogens with zero attached hydrogens (tertiary/aromatic N) is 3. The number of hydrogen-bond donors (Lipinski definition) is 1. The van der Waals surface area contributed by atoms with Gasteiger partial charge in [-0.15, -0.1) is 0 Å². The van der Waals surface area contributed by atoms with E-state index in [0.29, 0.717) is 5.69 Å². The fourth-order valence-corrected chi connectivity index (χ4v) is 1.68. The van der Waals surface area contributed by atoms with E-state index in [-0.39, 0.29) is 11.7 Å². The van der Waals surface area contributed by atoms with Gasteiger partial charge in [0.05, 0.1) is 16.7 Å². The molecule has 0 unspecified atom stereocenters. The lowest BCUT2D eigenvalue weighted by Gasteiger charge is -2.03. The summed E-state index contributed by atoms with van der Waals surface area (Å²) >= 11 is 0. The Kier molecular flexibility index (Phi) is 2.33. The summed E-state index contributed by atoms with van der Waals surface area (Å²) in [5.74, 6) is -0.191. The van der Waals surface area contributed by atoms with Crippen molar-refractivity contribution in [1.82, 2.24) is 14.8 Å². The lowest BCUT2D eigenvalue weighted by molar-refractivity contribution is 0.0973. The Morgan fingerprint density at radius 1 is 1.39 bits per heavy atom. The van der Waals surface area contributed by atoms with Gasteiger partial charge in [0.2, 0.25) is 5.76 Å². The van der Waals surface area contributed by atoms with Crippen LogP contribution in [0, 0.1) is 6.92 Å². The van der Waals surface area contributed by atoms with E-state index >= 15 is 0 Å². The fraction of sp³-hybridized carbons (Fsp3) is 0.0833. The number of benzene rings is 1. The summed E-state index contributed by atoms with van der Waals surface area (Å²) in [5, 5.41) is 3.67. The average molecular weight is 242 g/mol. The summed E-state index contributed by atoms with van der Waals surface area (Å²) in [6.45, 7) is 1.76. The smallest absolute Gasteiger partial charge is 0.308 e. The van der Waals surface area contributed by atoms with E-state index in [9.17, 15) is 4.79 Å². The number of fused-ring (bicyclic) bond motifs is 1. The van der Waals surface area contributed by atoms with Crippen molar-refractivity contribution in [3.8, 4) is 0 Å². The third-order valence-electron chi connectivity index (χ3n) is 2.53. The minimum absolute atomic E-state index is 0.172. The maximum Gasteiger partial charge on any atom is 0.308 e. The number of aryl methyl sites for hydroxylation is 1. The van der Waals surface area contributed by atoms with Gasteiger partial charge in [-0.05, 0) is 19.1 Å². The van der Waals surface area contributed by atoms with E-state index in [2.05, 4.69) is 15.6 Å². The molecule has 3 aromatic rings. The number of carbonyl (C=O) groups is 1. The van der Waals surface area contributed by atoms with Crippen LogP contribution in [0.5, 0.6) is 0 Å². The van der Waals surface area contributed by atoms with Gasteiger partial charge in [-0.25, -0.2) is 9.66 Å². The van der Waals surface area contributed by atoms with Crippen LogP contribution >= 0.6 is 0 Å². The van der Waals surface area contributed by atoms with Gasteiger partial charge in [0, 0.05) is 6.07 Å². The largest absolute Gasteiger partial charge is 0.351 e. The number of imidazole rings is 1. The van der Waals surface area contributed by atoms with Crippen molar-refractivity contribution >= 4 is 16.9 Å². The molecule has 0 aliphatic rings. The van der Waals surface area contributed by atoms with Crippen molar-refractivity contribution in [1.29, 1.82) is 0 Å². The van der Waals surface area contributed by atoms with Crippen molar-refractivity contribution in [2.75, 3.05) is 5.43 Å². The highest BCUT2D eigenvalue weighted by molar-refractivity contribution is 5.98. The summed E-state index contributed by atoms with van der Waals surface area (Å²) in [6.07, 6.45) is 1.55. The molecule has 0 radical (unpaired) electrons. The van der Waals surface area contributed by atoms with E-state index in [4.69, 9.17) is 4.52 Å². The lowest BCUT2D eigenvalue weighted by atomic mass is 10.3. The zero-order valence-electron chi connectivity index (χ0n) is 9.62. The van der Waals surface area contributed by atoms with Gasteiger partial charge < -0.3 is 4.52 Å². The molecule has 0 aliphatic heterocycles. The minimum atomic E-state index is -0.362. The van der Waals surface area contributed by atoms with Crippen LogP contribution in [0.15, 0.2) is 41.2 Å². The molecule has 90 valence electrons. The van der Waals surface area contributed by atoms with Gasteiger partial charge in [0.15, 0.2) is 0 Å². The molecule has 0 fully saturated rings. The van der Waals surface area contributed by atoms with Crippen LogP contribution in [-0.2, 0) is 0 Å². The molecule has 18 heavy (non-hydrogen) atoms. The first kappa shape index (κ1) is 10.5. The predicted molar refractivity (Wildman–Crippen MR) is 64.7 cm³/mol. The summed E-state index contributed by atoms with van der Waals surface area (Å²) < 4.78 is 6.44. The highest BCUT2D eigenvalue weighted by atomic mass is 16.5. The molecule has 0 bridgehead atoms. The second-order valence-electron chi connectivity index (χ2n) is 3.88. The number of para-hydroxylation sites is 2. The maximum atomic E-state index is 11.9. The predicted octanol–water partition coefficient (Wildman–Crippen LogP) is 1.72. The zero-order chi connectivity index (χ0) is 12.5. The number of amides is 1. The summed E-state index contributed by atoms with van der Waals surface area (Å²) in [4.78, 5) is 16.0. The molecule has 0 saturated heterocycles. The first-order valence-electron chi connectivity index (χ1n) is 5.41. The third kappa shape index (κ3) is 1.73. The Bertz CT molecular complexity index is 714. The molecule has 6 nitrogen and oxygen atoms in total. The number of rotatable bonds is 2. The fourth-order valence-electron chi connectivity index (χ4n) is 1.68. The Morgan fingerprint density at radius 2 is 2.22 bits per heavy atom. The van der Waals surface area contributed by atoms with Gasteiger partial charge in [-0.2, -0.15) is 0 Å². The van der Waals surface area contributed by atoms with Crippen molar-refractivity contribution in [3.05, 3.63) is 48.1 Å².